The largest absolute Gasteiger partial charge is 0.253 e. The van der Waals surface area contributed by atoms with Gasteiger partial charge in [-0.15, -0.1) is 4.41 Å². The molecule has 1 aliphatic rings. The molecule has 4 nitrogen and oxygen atoms in total. The fourth-order valence-electron chi connectivity index (χ4n) is 0.699. The van der Waals surface area contributed by atoms with Gasteiger partial charge in [-0.05, 0) is 6.42 Å². The summed E-state index contributed by atoms with van der Waals surface area (Å²) in [6, 6.07) is 0. The van der Waals surface area contributed by atoms with E-state index in [1.54, 1.807) is 0 Å². The molecule has 1 saturated heterocycles. The van der Waals surface area contributed by atoms with Crippen molar-refractivity contribution >= 4 is 9.92 Å². The van der Waals surface area contributed by atoms with Gasteiger partial charge in [0.2, 0.25) is 9.92 Å². The lowest BCUT2D eigenvalue weighted by Gasteiger charge is -2.01. The zero-order valence-electron chi connectivity index (χ0n) is 4.54. The van der Waals surface area contributed by atoms with Gasteiger partial charge in [-0.3, -0.25) is 5.84 Å². The molecule has 0 spiro atoms. The Kier molecular flexibility index (Phi) is 1.26. The van der Waals surface area contributed by atoms with Crippen molar-refractivity contribution in [3.8, 4) is 0 Å². The van der Waals surface area contributed by atoms with E-state index >= 15 is 0 Å². The first-order chi connectivity index (χ1) is 3.63. The Morgan fingerprint density at radius 1 is 1.75 bits per heavy atom. The van der Waals surface area contributed by atoms with Crippen LogP contribution in [-0.4, -0.2) is 20.9 Å². The summed E-state index contributed by atoms with van der Waals surface area (Å²) in [6.07, 6.45) is 0.853. The third-order valence-electron chi connectivity index (χ3n) is 1.21. The zero-order chi connectivity index (χ0) is 6.20. The molecule has 0 amide bonds. The van der Waals surface area contributed by atoms with Crippen LogP contribution in [0, 0.1) is 0 Å². The quantitative estimate of drug-likeness (QED) is 0.368. The smallest absolute Gasteiger partial charge is 0.230 e. The maximum atomic E-state index is 10.9. The molecule has 4 N–H and O–H groups in total. The molecular weight excluding hydrogens is 126 g/mol. The normalized spacial score (nSPS) is 40.6. The first kappa shape index (κ1) is 6.00. The summed E-state index contributed by atoms with van der Waals surface area (Å²) >= 11 is 0. The number of rotatable bonds is 0. The molecule has 0 saturated carbocycles. The molecule has 1 heterocycles. The molecule has 8 heavy (non-hydrogen) atoms. The Morgan fingerprint density at radius 3 is 2.50 bits per heavy atom. The van der Waals surface area contributed by atoms with Crippen LogP contribution >= 0.6 is 0 Å². The van der Waals surface area contributed by atoms with Crippen LogP contribution in [-0.2, 0) is 9.92 Å². The van der Waals surface area contributed by atoms with Gasteiger partial charge in [-0.2, -0.15) is 4.21 Å². The summed E-state index contributed by atoms with van der Waals surface area (Å²) in [4.78, 5) is 0. The highest BCUT2D eigenvalue weighted by atomic mass is 32.2. The highest BCUT2D eigenvalue weighted by Crippen LogP contribution is 2.04. The second-order valence-corrected chi connectivity index (χ2v) is 4.14. The van der Waals surface area contributed by atoms with Crippen LogP contribution in [0.2, 0.25) is 0 Å². The van der Waals surface area contributed by atoms with Gasteiger partial charge in [0.1, 0.15) is 0 Å². The van der Waals surface area contributed by atoms with E-state index < -0.39 is 9.92 Å². The van der Waals surface area contributed by atoms with Crippen LogP contribution in [0.25, 0.3) is 0 Å². The number of hydrogen-bond acceptors (Lipinski definition) is 2. The van der Waals surface area contributed by atoms with Crippen molar-refractivity contribution in [1.82, 2.24) is 4.41 Å². The lowest BCUT2D eigenvalue weighted by molar-refractivity contribution is -0.0881. The van der Waals surface area contributed by atoms with Gasteiger partial charge in [0.15, 0.2) is 0 Å². The third-order valence-corrected chi connectivity index (χ3v) is 3.06. The molecule has 0 aliphatic carbocycles. The van der Waals surface area contributed by atoms with E-state index in [2.05, 4.69) is 0 Å². The Morgan fingerprint density at radius 2 is 2.38 bits per heavy atom. The molecule has 1 aliphatic heterocycles. The molecule has 0 aromatic carbocycles. The van der Waals surface area contributed by atoms with Crippen molar-refractivity contribution in [1.29, 1.82) is 0 Å². The standard InChI is InChI=1S/C3H9N3OS/c4-6-2-1-3-8(6,5)7/h5H,1-4H2/p+1. The summed E-state index contributed by atoms with van der Waals surface area (Å²) in [5.74, 6) is 5.79. The fourth-order valence-corrected chi connectivity index (χ4v) is 1.91. The Bertz CT molecular complexity index is 173. The van der Waals surface area contributed by atoms with Crippen molar-refractivity contribution in [3.05, 3.63) is 0 Å². The second-order valence-electron chi connectivity index (χ2n) is 1.89. The number of nitrogens with zero attached hydrogens (tertiary/aromatic N) is 1. The predicted molar refractivity (Wildman–Crippen MR) is 30.4 cm³/mol. The lowest BCUT2D eigenvalue weighted by Crippen LogP contribution is -2.50. The molecule has 0 radical (unpaired) electrons. The van der Waals surface area contributed by atoms with Crippen molar-refractivity contribution in [3.63, 3.8) is 0 Å². The molecule has 1 unspecified atom stereocenters. The maximum Gasteiger partial charge on any atom is 0.230 e. The van der Waals surface area contributed by atoms with Gasteiger partial charge in [-0.1, -0.05) is 0 Å². The molecule has 0 aromatic heterocycles. The fraction of sp³-hybridized carbons (Fsp3) is 1.00. The molecule has 1 atom stereocenters. The van der Waals surface area contributed by atoms with Crippen molar-refractivity contribution in [2.75, 3.05) is 12.3 Å². The average molecular weight is 136 g/mol. The van der Waals surface area contributed by atoms with E-state index in [1.807, 2.05) is 0 Å². The molecule has 1 fully saturated rings. The van der Waals surface area contributed by atoms with Gasteiger partial charge < -0.3 is 0 Å². The SMILES string of the molecule is NN1CCCS1(=[NH2+])=O. The number of hydrazine groups is 1. The van der Waals surface area contributed by atoms with Crippen LogP contribution in [0.5, 0.6) is 0 Å². The summed E-state index contributed by atoms with van der Waals surface area (Å²) in [5.41, 5.74) is 0. The van der Waals surface area contributed by atoms with E-state index in [-0.39, 0.29) is 0 Å². The minimum atomic E-state index is -2.26. The minimum Gasteiger partial charge on any atom is -0.253 e. The Labute approximate surface area is 48.7 Å². The highest BCUT2D eigenvalue weighted by Gasteiger charge is 2.25. The van der Waals surface area contributed by atoms with E-state index in [0.29, 0.717) is 12.3 Å². The van der Waals surface area contributed by atoms with Crippen molar-refractivity contribution in [2.24, 2.45) is 5.84 Å². The summed E-state index contributed by atoms with van der Waals surface area (Å²) in [6.45, 7) is 0.662. The van der Waals surface area contributed by atoms with Crippen LogP contribution in [0.4, 0.5) is 0 Å². The summed E-state index contributed by atoms with van der Waals surface area (Å²) in [5, 5.41) is 0. The average Bonchev–Trinajstić information content (AvgIpc) is 1.86. The topological polar surface area (TPSA) is 71.9 Å². The molecule has 0 aromatic rings. The first-order valence-electron chi connectivity index (χ1n) is 2.45. The van der Waals surface area contributed by atoms with Crippen molar-refractivity contribution in [2.45, 2.75) is 6.42 Å². The van der Waals surface area contributed by atoms with Crippen LogP contribution < -0.4 is 10.6 Å². The van der Waals surface area contributed by atoms with E-state index in [0.717, 1.165) is 6.42 Å². The molecule has 0 bridgehead atoms. The van der Waals surface area contributed by atoms with Gasteiger partial charge in [0, 0.05) is 6.54 Å². The van der Waals surface area contributed by atoms with Crippen LogP contribution in [0.1, 0.15) is 6.42 Å². The van der Waals surface area contributed by atoms with Gasteiger partial charge in [0.05, 0.1) is 5.75 Å². The molecule has 48 valence electrons. The summed E-state index contributed by atoms with van der Waals surface area (Å²) < 4.78 is 17.4. The van der Waals surface area contributed by atoms with Gasteiger partial charge >= 0.3 is 0 Å². The monoisotopic (exact) mass is 136 g/mol. The lowest BCUT2D eigenvalue weighted by atomic mass is 10.5. The number of nitrogens with two attached hydrogens (primary N) is 2. The molecule has 5 heteroatoms. The van der Waals surface area contributed by atoms with Gasteiger partial charge in [-0.25, -0.2) is 4.78 Å². The minimum absolute atomic E-state index is 0.545. The van der Waals surface area contributed by atoms with Crippen LogP contribution in [0.15, 0.2) is 0 Å². The van der Waals surface area contributed by atoms with Gasteiger partial charge in [0.25, 0.3) is 0 Å². The van der Waals surface area contributed by atoms with E-state index in [4.69, 9.17) is 10.6 Å². The third kappa shape index (κ3) is 0.841. The Balaban J connectivity index is 2.85. The zero-order valence-corrected chi connectivity index (χ0v) is 5.36. The van der Waals surface area contributed by atoms with E-state index in [9.17, 15) is 4.21 Å². The number of hydrogen-bond donors (Lipinski definition) is 2. The maximum absolute atomic E-state index is 10.9. The summed E-state index contributed by atoms with van der Waals surface area (Å²) in [7, 11) is -2.26. The van der Waals surface area contributed by atoms with Crippen LogP contribution in [0.3, 0.4) is 0 Å². The Hall–Kier alpha value is -0.130. The predicted octanol–water partition coefficient (Wildman–Crippen LogP) is -2.29. The first-order valence-corrected chi connectivity index (χ1v) is 4.20. The van der Waals surface area contributed by atoms with Crippen molar-refractivity contribution < 1.29 is 8.99 Å². The molecule has 1 rings (SSSR count). The highest BCUT2D eigenvalue weighted by molar-refractivity contribution is 7.88. The second kappa shape index (κ2) is 1.68. The van der Waals surface area contributed by atoms with E-state index in [1.165, 1.54) is 4.41 Å². The molecular formula is C3H10N3OS+.